The molecule has 0 aliphatic rings. The number of nitrogens with one attached hydrogen (secondary N) is 1. The molecule has 0 radical (unpaired) electrons. The molecule has 0 fully saturated rings. The molecule has 1 aromatic carbocycles. The number of amides is 1. The molecule has 9 heteroatoms. The van der Waals surface area contributed by atoms with Crippen LogP contribution in [0.4, 0.5) is 0 Å². The maximum absolute atomic E-state index is 13.0. The Labute approximate surface area is 189 Å². The first-order chi connectivity index (χ1) is 14.8. The van der Waals surface area contributed by atoms with Crippen LogP contribution in [0, 0.1) is 6.92 Å². The number of rotatable bonds is 7. The number of nitrogens with zero attached hydrogens (tertiary/aromatic N) is 2. The molecule has 0 aliphatic carbocycles. The third-order valence-electron chi connectivity index (χ3n) is 4.51. The topological polar surface area (TPSA) is 101 Å². The highest BCUT2D eigenvalue weighted by atomic mass is 35.5. The lowest BCUT2D eigenvalue weighted by Gasteiger charge is -2.19. The Morgan fingerprint density at radius 3 is 2.61 bits per heavy atom. The van der Waals surface area contributed by atoms with Crippen LogP contribution in [0.1, 0.15) is 34.1 Å². The standard InChI is InChI=1S/C22H19Cl2N3O4/c1-12-9-14(21(24)25-11-12)20-18(31-2)8-7-16(26-20)22(30)27-17(10-19(28)29)13-5-3-4-6-15(13)23/h3-9,11,17H,10H2,1-2H3,(H,27,30)(H,28,29)/t17-/m0/s1. The number of aryl methyl sites for hydroxylation is 1. The van der Waals surface area contributed by atoms with Crippen molar-refractivity contribution in [1.29, 1.82) is 0 Å². The second-order valence-corrected chi connectivity index (χ2v) is 7.51. The van der Waals surface area contributed by atoms with Crippen LogP contribution in [0.25, 0.3) is 11.3 Å². The number of carbonyl (C=O) groups excluding carboxylic acids is 1. The second kappa shape index (κ2) is 9.76. The van der Waals surface area contributed by atoms with Crippen molar-refractivity contribution in [2.45, 2.75) is 19.4 Å². The maximum atomic E-state index is 13.0. The Hall–Kier alpha value is -3.16. The Morgan fingerprint density at radius 1 is 1.19 bits per heavy atom. The third-order valence-corrected chi connectivity index (χ3v) is 5.15. The average molecular weight is 460 g/mol. The first kappa shape index (κ1) is 22.5. The summed E-state index contributed by atoms with van der Waals surface area (Å²) in [6, 6.07) is 10.8. The van der Waals surface area contributed by atoms with Crippen LogP contribution in [0.5, 0.6) is 5.75 Å². The summed E-state index contributed by atoms with van der Waals surface area (Å²) < 4.78 is 5.37. The number of aromatic nitrogens is 2. The molecule has 0 bridgehead atoms. The predicted octanol–water partition coefficient (Wildman–Crippen LogP) is 4.71. The number of carbonyl (C=O) groups is 2. The predicted molar refractivity (Wildman–Crippen MR) is 118 cm³/mol. The van der Waals surface area contributed by atoms with E-state index in [1.54, 1.807) is 42.6 Å². The molecule has 0 spiro atoms. The number of aliphatic carboxylic acids is 1. The van der Waals surface area contributed by atoms with Gasteiger partial charge in [-0.25, -0.2) is 9.97 Å². The highest BCUT2D eigenvalue weighted by Gasteiger charge is 2.23. The van der Waals surface area contributed by atoms with E-state index in [2.05, 4.69) is 15.3 Å². The van der Waals surface area contributed by atoms with Crippen LogP contribution in [0.3, 0.4) is 0 Å². The lowest BCUT2D eigenvalue weighted by Crippen LogP contribution is -2.31. The molecule has 0 unspecified atom stereocenters. The molecule has 31 heavy (non-hydrogen) atoms. The fourth-order valence-electron chi connectivity index (χ4n) is 3.05. The number of hydrogen-bond donors (Lipinski definition) is 2. The molecule has 1 atom stereocenters. The van der Waals surface area contributed by atoms with Gasteiger partial charge in [-0.15, -0.1) is 0 Å². The van der Waals surface area contributed by atoms with Crippen LogP contribution in [0.2, 0.25) is 10.2 Å². The third kappa shape index (κ3) is 5.31. The summed E-state index contributed by atoms with van der Waals surface area (Å²) in [7, 11) is 1.48. The normalized spacial score (nSPS) is 11.6. The van der Waals surface area contributed by atoms with Gasteiger partial charge in [-0.05, 0) is 42.3 Å². The Bertz CT molecular complexity index is 1140. The Morgan fingerprint density at radius 2 is 1.94 bits per heavy atom. The number of carboxylic acid groups (broad SMARTS) is 1. The van der Waals surface area contributed by atoms with Crippen molar-refractivity contribution in [2.75, 3.05) is 7.11 Å². The van der Waals surface area contributed by atoms with E-state index in [0.717, 1.165) is 5.56 Å². The van der Waals surface area contributed by atoms with Crippen molar-refractivity contribution in [3.63, 3.8) is 0 Å². The van der Waals surface area contributed by atoms with Crippen molar-refractivity contribution in [3.8, 4) is 17.0 Å². The van der Waals surface area contributed by atoms with Crippen LogP contribution in [0.15, 0.2) is 48.7 Å². The van der Waals surface area contributed by atoms with Crippen molar-refractivity contribution in [3.05, 3.63) is 75.7 Å². The van der Waals surface area contributed by atoms with Crippen molar-refractivity contribution < 1.29 is 19.4 Å². The van der Waals surface area contributed by atoms with Gasteiger partial charge in [-0.1, -0.05) is 41.4 Å². The largest absolute Gasteiger partial charge is 0.494 e. The number of benzene rings is 1. The maximum Gasteiger partial charge on any atom is 0.305 e. The van der Waals surface area contributed by atoms with Crippen molar-refractivity contribution in [1.82, 2.24) is 15.3 Å². The molecule has 160 valence electrons. The van der Waals surface area contributed by atoms with Crippen molar-refractivity contribution >= 4 is 35.1 Å². The monoisotopic (exact) mass is 459 g/mol. The zero-order valence-corrected chi connectivity index (χ0v) is 18.2. The first-order valence-electron chi connectivity index (χ1n) is 9.24. The van der Waals surface area contributed by atoms with E-state index in [0.29, 0.717) is 27.6 Å². The molecule has 3 aromatic rings. The summed E-state index contributed by atoms with van der Waals surface area (Å²) in [5, 5.41) is 12.6. The summed E-state index contributed by atoms with van der Waals surface area (Å²) in [6.45, 7) is 1.86. The molecule has 2 N–H and O–H groups in total. The molecule has 3 rings (SSSR count). The first-order valence-corrected chi connectivity index (χ1v) is 10.0. The lowest BCUT2D eigenvalue weighted by atomic mass is 10.0. The number of halogens is 2. The summed E-state index contributed by atoms with van der Waals surface area (Å²) in [6.07, 6.45) is 1.28. The van der Waals surface area contributed by atoms with Gasteiger partial charge in [-0.3, -0.25) is 9.59 Å². The van der Waals surface area contributed by atoms with Gasteiger partial charge < -0.3 is 15.2 Å². The van der Waals surface area contributed by atoms with E-state index in [1.807, 2.05) is 6.92 Å². The number of carboxylic acids is 1. The SMILES string of the molecule is COc1ccc(C(=O)N[C@@H](CC(=O)O)c2ccccc2Cl)nc1-c1cc(C)cnc1Cl. The zero-order valence-electron chi connectivity index (χ0n) is 16.7. The number of pyridine rings is 2. The minimum absolute atomic E-state index is 0.0656. The number of methoxy groups -OCH3 is 1. The minimum atomic E-state index is -1.08. The molecule has 0 saturated carbocycles. The van der Waals surface area contributed by atoms with Gasteiger partial charge >= 0.3 is 5.97 Å². The quantitative estimate of drug-likeness (QED) is 0.495. The van der Waals surface area contributed by atoms with Gasteiger partial charge in [0.25, 0.3) is 5.91 Å². The number of hydrogen-bond acceptors (Lipinski definition) is 5. The van der Waals surface area contributed by atoms with Crippen LogP contribution >= 0.6 is 23.2 Å². The average Bonchev–Trinajstić information content (AvgIpc) is 2.74. The summed E-state index contributed by atoms with van der Waals surface area (Å²) >= 11 is 12.5. The molecular formula is C22H19Cl2N3O4. The lowest BCUT2D eigenvalue weighted by molar-refractivity contribution is -0.137. The van der Waals surface area contributed by atoms with E-state index in [1.165, 1.54) is 13.2 Å². The van der Waals surface area contributed by atoms with E-state index in [4.69, 9.17) is 27.9 Å². The van der Waals surface area contributed by atoms with Crippen LogP contribution < -0.4 is 10.1 Å². The summed E-state index contributed by atoms with van der Waals surface area (Å²) in [5.74, 6) is -1.22. The molecule has 2 aromatic heterocycles. The van der Waals surface area contributed by atoms with Crippen LogP contribution in [-0.4, -0.2) is 34.1 Å². The van der Waals surface area contributed by atoms with E-state index < -0.39 is 17.9 Å². The number of ether oxygens (including phenoxy) is 1. The molecule has 7 nitrogen and oxygen atoms in total. The van der Waals surface area contributed by atoms with E-state index in [9.17, 15) is 14.7 Å². The fraction of sp³-hybridized carbons (Fsp3) is 0.182. The molecule has 2 heterocycles. The Kier molecular flexibility index (Phi) is 7.09. The fourth-order valence-corrected chi connectivity index (χ4v) is 3.51. The van der Waals surface area contributed by atoms with E-state index in [-0.39, 0.29) is 17.3 Å². The highest BCUT2D eigenvalue weighted by molar-refractivity contribution is 6.32. The minimum Gasteiger partial charge on any atom is -0.494 e. The van der Waals surface area contributed by atoms with Gasteiger partial charge in [0.1, 0.15) is 22.3 Å². The highest BCUT2D eigenvalue weighted by Crippen LogP contribution is 2.33. The van der Waals surface area contributed by atoms with Gasteiger partial charge in [-0.2, -0.15) is 0 Å². The zero-order chi connectivity index (χ0) is 22.5. The summed E-state index contributed by atoms with van der Waals surface area (Å²) in [5.41, 5.74) is 2.29. The molecule has 1 amide bonds. The Balaban J connectivity index is 1.98. The summed E-state index contributed by atoms with van der Waals surface area (Å²) in [4.78, 5) is 32.9. The van der Waals surface area contributed by atoms with Gasteiger partial charge in [0.05, 0.1) is 19.6 Å². The second-order valence-electron chi connectivity index (χ2n) is 6.74. The molecular weight excluding hydrogens is 441 g/mol. The van der Waals surface area contributed by atoms with Crippen LogP contribution in [-0.2, 0) is 4.79 Å². The van der Waals surface area contributed by atoms with Crippen molar-refractivity contribution in [2.24, 2.45) is 0 Å². The molecule has 0 saturated heterocycles. The smallest absolute Gasteiger partial charge is 0.305 e. The molecule has 0 aliphatic heterocycles. The van der Waals surface area contributed by atoms with Gasteiger partial charge in [0.2, 0.25) is 0 Å². The van der Waals surface area contributed by atoms with Gasteiger partial charge in [0, 0.05) is 16.8 Å². The van der Waals surface area contributed by atoms with Gasteiger partial charge in [0.15, 0.2) is 0 Å². The van der Waals surface area contributed by atoms with E-state index >= 15 is 0 Å².